The minimum absolute atomic E-state index is 0.00825. The fourth-order valence-electron chi connectivity index (χ4n) is 2.49. The minimum atomic E-state index is -0.439. The van der Waals surface area contributed by atoms with Crippen LogP contribution in [0.3, 0.4) is 0 Å². The molecule has 1 N–H and O–H groups in total. The van der Waals surface area contributed by atoms with Gasteiger partial charge >= 0.3 is 0 Å². The van der Waals surface area contributed by atoms with E-state index in [1.807, 2.05) is 6.92 Å². The summed E-state index contributed by atoms with van der Waals surface area (Å²) in [6.07, 6.45) is 7.33. The molecule has 0 radical (unpaired) electrons. The lowest BCUT2D eigenvalue weighted by Gasteiger charge is -2.09. The maximum Gasteiger partial charge on any atom is 0.256 e. The maximum absolute atomic E-state index is 12.6. The molecule has 1 aromatic carbocycles. The Hall–Kier alpha value is -2.74. The molecule has 0 bridgehead atoms. The van der Waals surface area contributed by atoms with Crippen LogP contribution in [0, 0.1) is 12.3 Å². The predicted octanol–water partition coefficient (Wildman–Crippen LogP) is 2.20. The van der Waals surface area contributed by atoms with E-state index >= 15 is 0 Å². The predicted molar refractivity (Wildman–Crippen MR) is 87.5 cm³/mol. The van der Waals surface area contributed by atoms with Gasteiger partial charge in [0.25, 0.3) is 5.91 Å². The molecule has 1 aromatic rings. The van der Waals surface area contributed by atoms with Gasteiger partial charge in [-0.3, -0.25) is 9.59 Å². The highest BCUT2D eigenvalue weighted by Gasteiger charge is 2.34. The summed E-state index contributed by atoms with van der Waals surface area (Å²) in [7, 11) is 2.98. The van der Waals surface area contributed by atoms with Crippen LogP contribution in [-0.2, 0) is 4.79 Å². The molecule has 1 amide bonds. The molecule has 0 saturated carbocycles. The number of ketones is 1. The average molecular weight is 313 g/mol. The van der Waals surface area contributed by atoms with Crippen LogP contribution < -0.4 is 14.8 Å². The van der Waals surface area contributed by atoms with Crippen LogP contribution in [0.1, 0.15) is 35.7 Å². The molecule has 0 aromatic heterocycles. The Morgan fingerprint density at radius 2 is 1.83 bits per heavy atom. The van der Waals surface area contributed by atoms with E-state index in [4.69, 9.17) is 15.9 Å². The van der Waals surface area contributed by atoms with Crippen molar-refractivity contribution in [2.75, 3.05) is 20.8 Å². The second-order valence-corrected chi connectivity index (χ2v) is 5.09. The van der Waals surface area contributed by atoms with Gasteiger partial charge in [0.2, 0.25) is 5.78 Å². The number of hydrogen-bond acceptors (Lipinski definition) is 4. The molecule has 1 aliphatic rings. The fourth-order valence-corrected chi connectivity index (χ4v) is 2.49. The van der Waals surface area contributed by atoms with Crippen molar-refractivity contribution in [3.63, 3.8) is 0 Å². The van der Waals surface area contributed by atoms with E-state index < -0.39 is 5.91 Å². The van der Waals surface area contributed by atoms with E-state index in [0.717, 1.165) is 12.8 Å². The molecule has 23 heavy (non-hydrogen) atoms. The SMILES string of the molecule is C#CC1=C(C(=O)NCCCC)C(=O)c2cc(OC)c(OC)cc21. The smallest absolute Gasteiger partial charge is 0.256 e. The van der Waals surface area contributed by atoms with Gasteiger partial charge in [0.1, 0.15) is 5.57 Å². The molecule has 0 spiro atoms. The number of carbonyl (C=O) groups is 2. The lowest BCUT2D eigenvalue weighted by Crippen LogP contribution is -2.28. The Morgan fingerprint density at radius 3 is 2.35 bits per heavy atom. The first-order valence-corrected chi connectivity index (χ1v) is 7.39. The number of rotatable bonds is 6. The summed E-state index contributed by atoms with van der Waals surface area (Å²) in [5.41, 5.74) is 1.18. The number of allylic oxidation sites excluding steroid dienone is 1. The van der Waals surface area contributed by atoms with Crippen molar-refractivity contribution in [2.45, 2.75) is 19.8 Å². The summed E-state index contributed by atoms with van der Waals surface area (Å²) >= 11 is 0. The van der Waals surface area contributed by atoms with Crippen molar-refractivity contribution in [1.82, 2.24) is 5.32 Å². The number of methoxy groups -OCH3 is 2. The summed E-state index contributed by atoms with van der Waals surface area (Å²) in [5, 5.41) is 2.74. The lowest BCUT2D eigenvalue weighted by molar-refractivity contribution is -0.117. The van der Waals surface area contributed by atoms with Crippen LogP contribution in [0.5, 0.6) is 11.5 Å². The normalized spacial score (nSPS) is 12.7. The number of terminal acetylenes is 1. The first-order valence-electron chi connectivity index (χ1n) is 7.39. The number of nitrogens with one attached hydrogen (secondary N) is 1. The van der Waals surface area contributed by atoms with Gasteiger partial charge in [0.05, 0.1) is 14.2 Å². The monoisotopic (exact) mass is 313 g/mol. The molecule has 120 valence electrons. The Labute approximate surface area is 135 Å². The third-order valence-corrected chi connectivity index (χ3v) is 3.70. The summed E-state index contributed by atoms with van der Waals surface area (Å²) < 4.78 is 10.4. The van der Waals surface area contributed by atoms with Gasteiger partial charge in [0.15, 0.2) is 11.5 Å². The second kappa shape index (κ2) is 7.01. The van der Waals surface area contributed by atoms with Gasteiger partial charge in [-0.1, -0.05) is 19.3 Å². The Bertz CT molecular complexity index is 725. The van der Waals surface area contributed by atoms with E-state index in [1.54, 1.807) is 12.1 Å². The molecule has 5 nitrogen and oxygen atoms in total. The number of unbranched alkanes of at least 4 members (excludes halogenated alkanes) is 1. The van der Waals surface area contributed by atoms with Crippen molar-refractivity contribution in [1.29, 1.82) is 0 Å². The third kappa shape index (κ3) is 2.93. The van der Waals surface area contributed by atoms with Gasteiger partial charge in [-0.2, -0.15) is 0 Å². The number of ether oxygens (including phenoxy) is 2. The van der Waals surface area contributed by atoms with Crippen molar-refractivity contribution >= 4 is 17.3 Å². The third-order valence-electron chi connectivity index (χ3n) is 3.70. The molecule has 0 fully saturated rings. The van der Waals surface area contributed by atoms with E-state index in [-0.39, 0.29) is 11.4 Å². The topological polar surface area (TPSA) is 64.6 Å². The van der Waals surface area contributed by atoms with E-state index in [9.17, 15) is 9.59 Å². The van der Waals surface area contributed by atoms with Gasteiger partial charge < -0.3 is 14.8 Å². The number of fused-ring (bicyclic) bond motifs is 1. The zero-order valence-electron chi connectivity index (χ0n) is 13.5. The largest absolute Gasteiger partial charge is 0.493 e. The van der Waals surface area contributed by atoms with Gasteiger partial charge in [-0.05, 0) is 18.6 Å². The second-order valence-electron chi connectivity index (χ2n) is 5.09. The molecule has 5 heteroatoms. The first kappa shape index (κ1) is 16.6. The van der Waals surface area contributed by atoms with Crippen molar-refractivity contribution in [2.24, 2.45) is 0 Å². The Balaban J connectivity index is 2.46. The molecule has 2 rings (SSSR count). The molecular weight excluding hydrogens is 294 g/mol. The Kier molecular flexibility index (Phi) is 5.07. The minimum Gasteiger partial charge on any atom is -0.493 e. The van der Waals surface area contributed by atoms with Crippen LogP contribution in [0.2, 0.25) is 0 Å². The molecule has 0 unspecified atom stereocenters. The van der Waals surface area contributed by atoms with E-state index in [2.05, 4.69) is 11.2 Å². The number of Topliss-reactive ketones (excluding diaryl/α,β-unsaturated/α-hetero) is 1. The standard InChI is InChI=1S/C18H19NO4/c1-5-7-8-19-18(21)16-11(6-2)12-9-14(22-3)15(23-4)10-13(12)17(16)20/h2,9-10H,5,7-8H2,1,3-4H3,(H,19,21). The molecule has 1 aliphatic carbocycles. The number of amides is 1. The molecule has 0 saturated heterocycles. The van der Waals surface area contributed by atoms with Crippen LogP contribution in [0.25, 0.3) is 5.57 Å². The maximum atomic E-state index is 12.6. The molecular formula is C18H19NO4. The molecule has 0 atom stereocenters. The number of benzene rings is 1. The van der Waals surface area contributed by atoms with Crippen LogP contribution in [0.4, 0.5) is 0 Å². The number of carbonyl (C=O) groups excluding carboxylic acids is 2. The Morgan fingerprint density at radius 1 is 1.22 bits per heavy atom. The summed E-state index contributed by atoms with van der Waals surface area (Å²) in [6, 6.07) is 3.19. The fraction of sp³-hybridized carbons (Fsp3) is 0.333. The van der Waals surface area contributed by atoms with Crippen molar-refractivity contribution in [3.8, 4) is 23.8 Å². The molecule has 0 aliphatic heterocycles. The highest BCUT2D eigenvalue weighted by Crippen LogP contribution is 2.39. The van der Waals surface area contributed by atoms with Gasteiger partial charge in [0, 0.05) is 23.2 Å². The first-order chi connectivity index (χ1) is 11.1. The van der Waals surface area contributed by atoms with Gasteiger partial charge in [-0.25, -0.2) is 0 Å². The molecule has 0 heterocycles. The quantitative estimate of drug-likeness (QED) is 0.497. The van der Waals surface area contributed by atoms with Gasteiger partial charge in [-0.15, -0.1) is 6.42 Å². The highest BCUT2D eigenvalue weighted by atomic mass is 16.5. The van der Waals surface area contributed by atoms with E-state index in [1.165, 1.54) is 14.2 Å². The van der Waals surface area contributed by atoms with Crippen molar-refractivity contribution < 1.29 is 19.1 Å². The van der Waals surface area contributed by atoms with E-state index in [0.29, 0.717) is 34.7 Å². The lowest BCUT2D eigenvalue weighted by atomic mass is 10.0. The average Bonchev–Trinajstić information content (AvgIpc) is 2.85. The zero-order chi connectivity index (χ0) is 17.0. The zero-order valence-corrected chi connectivity index (χ0v) is 13.5. The van der Waals surface area contributed by atoms with Crippen molar-refractivity contribution in [3.05, 3.63) is 28.8 Å². The highest BCUT2D eigenvalue weighted by molar-refractivity contribution is 6.36. The summed E-state index contributed by atoms with van der Waals surface area (Å²) in [5.74, 6) is 2.51. The van der Waals surface area contributed by atoms with Crippen LogP contribution in [0.15, 0.2) is 17.7 Å². The van der Waals surface area contributed by atoms with Crippen LogP contribution in [-0.4, -0.2) is 32.5 Å². The van der Waals surface area contributed by atoms with Crippen LogP contribution >= 0.6 is 0 Å². The number of hydrogen-bond donors (Lipinski definition) is 1. The summed E-state index contributed by atoms with van der Waals surface area (Å²) in [6.45, 7) is 2.53. The summed E-state index contributed by atoms with van der Waals surface area (Å²) in [4.78, 5) is 24.9.